The van der Waals surface area contributed by atoms with Gasteiger partial charge in [-0.1, -0.05) is 26.0 Å². The number of guanidine groups is 1. The lowest BCUT2D eigenvalue weighted by Gasteiger charge is -2.32. The highest BCUT2D eigenvalue weighted by Gasteiger charge is 2.23. The number of hydrogen-bond acceptors (Lipinski definition) is 4. The number of nitrogens with zero attached hydrogens (tertiary/aromatic N) is 2. The molecule has 2 N–H and O–H groups in total. The van der Waals surface area contributed by atoms with Crippen LogP contribution in [-0.2, 0) is 11.2 Å². The Hall–Kier alpha value is -2.44. The number of nitrogens with one attached hydrogen (secondary N) is 2. The molecule has 1 fully saturated rings. The molecule has 2 rings (SSSR count). The van der Waals surface area contributed by atoms with E-state index in [1.807, 2.05) is 12.1 Å². The van der Waals surface area contributed by atoms with Crippen LogP contribution in [0.3, 0.4) is 0 Å². The van der Waals surface area contributed by atoms with E-state index in [0.29, 0.717) is 25.0 Å². The number of rotatable bonds is 7. The van der Waals surface area contributed by atoms with Gasteiger partial charge in [0.2, 0.25) is 0 Å². The molecule has 1 saturated heterocycles. The molecule has 1 aliphatic rings. The van der Waals surface area contributed by atoms with E-state index in [2.05, 4.69) is 41.6 Å². The number of carbonyl (C=O) groups is 1. The predicted octanol–water partition coefficient (Wildman–Crippen LogP) is 2.66. The number of benzene rings is 1. The zero-order chi connectivity index (χ0) is 20.4. The van der Waals surface area contributed by atoms with Gasteiger partial charge in [0.25, 0.3) is 0 Å². The van der Waals surface area contributed by atoms with E-state index in [0.717, 1.165) is 44.1 Å². The van der Waals surface area contributed by atoms with Gasteiger partial charge < -0.3 is 25.0 Å². The van der Waals surface area contributed by atoms with E-state index >= 15 is 0 Å². The molecular formula is C21H34N4O3. The van der Waals surface area contributed by atoms with Crippen molar-refractivity contribution in [3.05, 3.63) is 29.8 Å². The summed E-state index contributed by atoms with van der Waals surface area (Å²) in [6.45, 7) is 7.22. The van der Waals surface area contributed by atoms with E-state index in [1.54, 1.807) is 11.9 Å². The molecule has 1 heterocycles. The first-order valence-corrected chi connectivity index (χ1v) is 10.0. The van der Waals surface area contributed by atoms with Gasteiger partial charge in [0.05, 0.1) is 13.7 Å². The number of carbonyl (C=O) groups excluding carboxylic acids is 1. The van der Waals surface area contributed by atoms with Crippen LogP contribution in [0.1, 0.15) is 32.3 Å². The van der Waals surface area contributed by atoms with Crippen LogP contribution in [0.25, 0.3) is 0 Å². The first-order chi connectivity index (χ1) is 13.5. The van der Waals surface area contributed by atoms with Crippen LogP contribution < -0.4 is 15.4 Å². The summed E-state index contributed by atoms with van der Waals surface area (Å²) in [5.41, 5.74) is 1.26. The number of amides is 1. The first kappa shape index (κ1) is 21.9. The van der Waals surface area contributed by atoms with Gasteiger partial charge in [0.15, 0.2) is 5.96 Å². The van der Waals surface area contributed by atoms with Crippen molar-refractivity contribution in [3.63, 3.8) is 0 Å². The standard InChI is InChI=1S/C21H34N4O3/c1-16(2)15-28-19-7-5-17(6-8-19)9-12-23-20(22-3)24-18-10-13-25(14-11-18)21(26)27-4/h5-8,16,18H,9-15H2,1-4H3,(H2,22,23,24). The summed E-state index contributed by atoms with van der Waals surface area (Å²) in [6, 6.07) is 8.58. The fourth-order valence-corrected chi connectivity index (χ4v) is 3.06. The number of methoxy groups -OCH3 is 1. The van der Waals surface area contributed by atoms with Crippen LogP contribution in [0.5, 0.6) is 5.75 Å². The van der Waals surface area contributed by atoms with E-state index in [9.17, 15) is 4.79 Å². The van der Waals surface area contributed by atoms with Crippen molar-refractivity contribution in [1.29, 1.82) is 0 Å². The van der Waals surface area contributed by atoms with Crippen LogP contribution in [0.2, 0.25) is 0 Å². The number of ether oxygens (including phenoxy) is 2. The third-order valence-electron chi connectivity index (χ3n) is 4.71. The third-order valence-corrected chi connectivity index (χ3v) is 4.71. The zero-order valence-electron chi connectivity index (χ0n) is 17.5. The molecule has 1 aromatic carbocycles. The molecule has 0 aromatic heterocycles. The summed E-state index contributed by atoms with van der Waals surface area (Å²) in [6.07, 6.45) is 2.43. The first-order valence-electron chi connectivity index (χ1n) is 10.0. The largest absolute Gasteiger partial charge is 0.493 e. The van der Waals surface area contributed by atoms with E-state index in [4.69, 9.17) is 9.47 Å². The average molecular weight is 391 g/mol. The Balaban J connectivity index is 1.69. The minimum absolute atomic E-state index is 0.249. The van der Waals surface area contributed by atoms with E-state index in [-0.39, 0.29) is 6.09 Å². The van der Waals surface area contributed by atoms with Gasteiger partial charge in [-0.25, -0.2) is 4.79 Å². The van der Waals surface area contributed by atoms with Gasteiger partial charge in [-0.3, -0.25) is 4.99 Å². The second-order valence-electron chi connectivity index (χ2n) is 7.47. The molecule has 28 heavy (non-hydrogen) atoms. The molecular weight excluding hydrogens is 356 g/mol. The normalized spacial score (nSPS) is 15.5. The summed E-state index contributed by atoms with van der Waals surface area (Å²) in [4.78, 5) is 17.6. The molecule has 1 amide bonds. The summed E-state index contributed by atoms with van der Waals surface area (Å²) in [7, 11) is 3.20. The average Bonchev–Trinajstić information content (AvgIpc) is 2.72. The number of hydrogen-bond donors (Lipinski definition) is 2. The molecule has 0 aliphatic carbocycles. The lowest BCUT2D eigenvalue weighted by Crippen LogP contribution is -2.50. The Bertz CT molecular complexity index is 623. The van der Waals surface area contributed by atoms with Crippen molar-refractivity contribution in [2.45, 2.75) is 39.2 Å². The quantitative estimate of drug-likeness (QED) is 0.553. The molecule has 156 valence electrons. The second-order valence-corrected chi connectivity index (χ2v) is 7.47. The molecule has 7 nitrogen and oxygen atoms in total. The molecule has 0 atom stereocenters. The van der Waals surface area contributed by atoms with Crippen molar-refractivity contribution in [2.24, 2.45) is 10.9 Å². The zero-order valence-corrected chi connectivity index (χ0v) is 17.5. The Labute approximate surface area is 168 Å². The third kappa shape index (κ3) is 7.29. The van der Waals surface area contributed by atoms with Crippen molar-refractivity contribution in [2.75, 3.05) is 40.4 Å². The highest BCUT2D eigenvalue weighted by atomic mass is 16.5. The molecule has 1 aromatic rings. The summed E-state index contributed by atoms with van der Waals surface area (Å²) in [5.74, 6) is 2.24. The van der Waals surface area contributed by atoms with Gasteiger partial charge in [-0.05, 0) is 42.9 Å². The van der Waals surface area contributed by atoms with E-state index in [1.165, 1.54) is 12.7 Å². The summed E-state index contributed by atoms with van der Waals surface area (Å²) in [5, 5.41) is 6.81. The highest BCUT2D eigenvalue weighted by molar-refractivity contribution is 5.80. The lowest BCUT2D eigenvalue weighted by molar-refractivity contribution is 0.111. The summed E-state index contributed by atoms with van der Waals surface area (Å²) < 4.78 is 10.5. The molecule has 0 unspecified atom stereocenters. The number of piperidine rings is 1. The number of aliphatic imine (C=N–C) groups is 1. The Morgan fingerprint density at radius 1 is 1.25 bits per heavy atom. The minimum atomic E-state index is -0.249. The van der Waals surface area contributed by atoms with Gasteiger partial charge in [0, 0.05) is 32.7 Å². The highest BCUT2D eigenvalue weighted by Crippen LogP contribution is 2.14. The fraction of sp³-hybridized carbons (Fsp3) is 0.619. The van der Waals surface area contributed by atoms with Crippen LogP contribution in [0.4, 0.5) is 4.79 Å². The van der Waals surface area contributed by atoms with Crippen molar-refractivity contribution in [3.8, 4) is 5.75 Å². The molecule has 0 radical (unpaired) electrons. The maximum Gasteiger partial charge on any atom is 0.409 e. The van der Waals surface area contributed by atoms with Crippen molar-refractivity contribution in [1.82, 2.24) is 15.5 Å². The lowest BCUT2D eigenvalue weighted by atomic mass is 10.1. The molecule has 0 bridgehead atoms. The second kappa shape index (κ2) is 11.4. The van der Waals surface area contributed by atoms with Gasteiger partial charge >= 0.3 is 6.09 Å². The van der Waals surface area contributed by atoms with Crippen molar-refractivity contribution < 1.29 is 14.3 Å². The Morgan fingerprint density at radius 3 is 2.50 bits per heavy atom. The van der Waals surface area contributed by atoms with Gasteiger partial charge in [0.1, 0.15) is 5.75 Å². The number of likely N-dealkylation sites (tertiary alicyclic amines) is 1. The predicted molar refractivity (Wildman–Crippen MR) is 112 cm³/mol. The maximum absolute atomic E-state index is 11.6. The van der Waals surface area contributed by atoms with E-state index < -0.39 is 0 Å². The van der Waals surface area contributed by atoms with Crippen LogP contribution >= 0.6 is 0 Å². The van der Waals surface area contributed by atoms with Crippen LogP contribution in [0.15, 0.2) is 29.3 Å². The summed E-state index contributed by atoms with van der Waals surface area (Å²) >= 11 is 0. The Morgan fingerprint density at radius 2 is 1.93 bits per heavy atom. The molecule has 1 aliphatic heterocycles. The van der Waals surface area contributed by atoms with Gasteiger partial charge in [-0.2, -0.15) is 0 Å². The maximum atomic E-state index is 11.6. The minimum Gasteiger partial charge on any atom is -0.493 e. The SMILES string of the molecule is CN=C(NCCc1ccc(OCC(C)C)cc1)NC1CCN(C(=O)OC)CC1. The fourth-order valence-electron chi connectivity index (χ4n) is 3.06. The van der Waals surface area contributed by atoms with Gasteiger partial charge in [-0.15, -0.1) is 0 Å². The Kier molecular flexibility index (Phi) is 8.91. The monoisotopic (exact) mass is 390 g/mol. The van der Waals surface area contributed by atoms with Crippen molar-refractivity contribution >= 4 is 12.1 Å². The van der Waals surface area contributed by atoms with Crippen LogP contribution in [0, 0.1) is 5.92 Å². The smallest absolute Gasteiger partial charge is 0.409 e. The van der Waals surface area contributed by atoms with Crippen LogP contribution in [-0.4, -0.2) is 63.4 Å². The molecule has 0 spiro atoms. The molecule has 0 saturated carbocycles. The molecule has 7 heteroatoms. The topological polar surface area (TPSA) is 75.2 Å².